The van der Waals surface area contributed by atoms with E-state index in [0.29, 0.717) is 15.8 Å². The highest BCUT2D eigenvalue weighted by Gasteiger charge is 2.09. The molecule has 7 nitrogen and oxygen atoms in total. The number of hydrogen-bond donors (Lipinski definition) is 2. The second-order valence-corrected chi connectivity index (χ2v) is 8.69. The van der Waals surface area contributed by atoms with Crippen LogP contribution in [0.4, 0.5) is 5.69 Å². The van der Waals surface area contributed by atoms with Gasteiger partial charge in [-0.2, -0.15) is 10.4 Å². The van der Waals surface area contributed by atoms with Crippen molar-refractivity contribution in [3.63, 3.8) is 0 Å². The molecule has 0 fully saturated rings. The number of anilines is 1. The number of hydrogen-bond acceptors (Lipinski definition) is 5. The SMILES string of the molecule is Cc1cccc(NC(=O)CCC(=O)NN=Cc2ccc(OCc3ccccc3C#N)c(Br)c2)c1C. The molecular formula is C27H25BrN4O3. The zero-order valence-corrected chi connectivity index (χ0v) is 21.1. The standard InChI is InChI=1S/C27H25BrN4O3/c1-18-6-5-9-24(19(18)2)31-26(33)12-13-27(34)32-30-16-20-10-11-25(23(28)14-20)35-17-22-8-4-3-7-21(22)15-29/h3-11,14,16H,12-13,17H2,1-2H3,(H,31,33)(H,32,34). The first-order valence-corrected chi connectivity index (χ1v) is 11.7. The molecule has 0 heterocycles. The van der Waals surface area contributed by atoms with Gasteiger partial charge in [0.05, 0.1) is 22.3 Å². The Morgan fingerprint density at radius 1 is 1.06 bits per heavy atom. The van der Waals surface area contributed by atoms with Gasteiger partial charge < -0.3 is 10.1 Å². The van der Waals surface area contributed by atoms with Crippen molar-refractivity contribution in [1.82, 2.24) is 5.43 Å². The third kappa shape index (κ3) is 7.52. The molecule has 3 rings (SSSR count). The Balaban J connectivity index is 1.46. The largest absolute Gasteiger partial charge is 0.488 e. The Bertz CT molecular complexity index is 1300. The van der Waals surface area contributed by atoms with E-state index in [1.165, 1.54) is 6.21 Å². The molecule has 35 heavy (non-hydrogen) atoms. The maximum Gasteiger partial charge on any atom is 0.240 e. The van der Waals surface area contributed by atoms with Gasteiger partial charge in [-0.15, -0.1) is 0 Å². The number of nitrogens with one attached hydrogen (secondary N) is 2. The molecule has 2 N–H and O–H groups in total. The molecule has 0 aliphatic carbocycles. The van der Waals surface area contributed by atoms with Gasteiger partial charge in [-0.1, -0.05) is 30.3 Å². The maximum atomic E-state index is 12.2. The summed E-state index contributed by atoms with van der Waals surface area (Å²) in [4.78, 5) is 24.2. The van der Waals surface area contributed by atoms with Crippen LogP contribution in [0.1, 0.15) is 40.7 Å². The quantitative estimate of drug-likeness (QED) is 0.285. The first kappa shape index (κ1) is 25.7. The topological polar surface area (TPSA) is 104 Å². The normalized spacial score (nSPS) is 10.6. The van der Waals surface area contributed by atoms with Crippen molar-refractivity contribution >= 4 is 39.6 Å². The summed E-state index contributed by atoms with van der Waals surface area (Å²) in [5.74, 6) is 0.0380. The summed E-state index contributed by atoms with van der Waals surface area (Å²) in [7, 11) is 0. The Hall–Kier alpha value is -3.96. The first-order chi connectivity index (χ1) is 16.9. The van der Waals surface area contributed by atoms with Crippen LogP contribution in [0, 0.1) is 25.2 Å². The van der Waals surface area contributed by atoms with E-state index in [4.69, 9.17) is 4.74 Å². The molecular weight excluding hydrogens is 508 g/mol. The van der Waals surface area contributed by atoms with Crippen LogP contribution in [0.2, 0.25) is 0 Å². The predicted octanol–water partition coefficient (Wildman–Crippen LogP) is 5.39. The van der Waals surface area contributed by atoms with Gasteiger partial charge in [-0.3, -0.25) is 9.59 Å². The Morgan fingerprint density at radius 2 is 1.83 bits per heavy atom. The van der Waals surface area contributed by atoms with Crippen LogP contribution in [0.3, 0.4) is 0 Å². The third-order valence-corrected chi connectivity index (χ3v) is 5.96. The predicted molar refractivity (Wildman–Crippen MR) is 139 cm³/mol. The number of aryl methyl sites for hydroxylation is 1. The second kappa shape index (κ2) is 12.5. The highest BCUT2D eigenvalue weighted by atomic mass is 79.9. The number of amides is 2. The van der Waals surface area contributed by atoms with Gasteiger partial charge in [0.1, 0.15) is 12.4 Å². The van der Waals surface area contributed by atoms with E-state index in [1.54, 1.807) is 24.3 Å². The number of hydrazone groups is 1. The van der Waals surface area contributed by atoms with Crippen LogP contribution in [0.15, 0.2) is 70.2 Å². The lowest BCUT2D eigenvalue weighted by molar-refractivity contribution is -0.124. The number of carbonyl (C=O) groups is 2. The van der Waals surface area contributed by atoms with Crippen LogP contribution < -0.4 is 15.5 Å². The van der Waals surface area contributed by atoms with Crippen molar-refractivity contribution in [2.45, 2.75) is 33.3 Å². The van der Waals surface area contributed by atoms with E-state index in [0.717, 1.165) is 27.9 Å². The van der Waals surface area contributed by atoms with Gasteiger partial charge >= 0.3 is 0 Å². The fraction of sp³-hybridized carbons (Fsp3) is 0.185. The molecule has 0 aliphatic heterocycles. The fourth-order valence-corrected chi connectivity index (χ4v) is 3.70. The molecule has 0 unspecified atom stereocenters. The number of benzene rings is 3. The minimum atomic E-state index is -0.354. The maximum absolute atomic E-state index is 12.2. The average Bonchev–Trinajstić information content (AvgIpc) is 2.85. The number of ether oxygens (including phenoxy) is 1. The molecule has 0 saturated carbocycles. The van der Waals surface area contributed by atoms with Crippen molar-refractivity contribution in [2.75, 3.05) is 5.32 Å². The molecule has 0 saturated heterocycles. The Labute approximate surface area is 212 Å². The molecule has 0 aliphatic rings. The Morgan fingerprint density at radius 3 is 2.60 bits per heavy atom. The number of halogens is 1. The number of nitrogens with zero attached hydrogens (tertiary/aromatic N) is 2. The third-order valence-electron chi connectivity index (χ3n) is 5.34. The minimum absolute atomic E-state index is 0.0225. The van der Waals surface area contributed by atoms with Gasteiger partial charge in [0.2, 0.25) is 11.8 Å². The number of nitriles is 1. The molecule has 0 atom stereocenters. The van der Waals surface area contributed by atoms with Gasteiger partial charge in [0.15, 0.2) is 0 Å². The smallest absolute Gasteiger partial charge is 0.240 e. The molecule has 2 amide bonds. The van der Waals surface area contributed by atoms with E-state index in [2.05, 4.69) is 37.8 Å². The first-order valence-electron chi connectivity index (χ1n) is 11.0. The molecule has 0 radical (unpaired) electrons. The summed E-state index contributed by atoms with van der Waals surface area (Å²) < 4.78 is 6.54. The molecule has 178 valence electrons. The van der Waals surface area contributed by atoms with Gasteiger partial charge in [0, 0.05) is 24.1 Å². The zero-order valence-electron chi connectivity index (χ0n) is 19.5. The van der Waals surface area contributed by atoms with Crippen molar-refractivity contribution in [3.8, 4) is 11.8 Å². The summed E-state index contributed by atoms with van der Waals surface area (Å²) in [6, 6.07) is 20.5. The van der Waals surface area contributed by atoms with E-state index < -0.39 is 0 Å². The molecule has 3 aromatic rings. The molecule has 0 aromatic heterocycles. The average molecular weight is 533 g/mol. The van der Waals surface area contributed by atoms with Crippen molar-refractivity contribution < 1.29 is 14.3 Å². The molecule has 0 bridgehead atoms. The minimum Gasteiger partial charge on any atom is -0.488 e. The summed E-state index contributed by atoms with van der Waals surface area (Å²) in [6.45, 7) is 4.19. The van der Waals surface area contributed by atoms with Crippen LogP contribution >= 0.6 is 15.9 Å². The monoisotopic (exact) mass is 532 g/mol. The lowest BCUT2D eigenvalue weighted by atomic mass is 10.1. The Kier molecular flexibility index (Phi) is 9.16. The van der Waals surface area contributed by atoms with Gasteiger partial charge in [-0.25, -0.2) is 5.43 Å². The second-order valence-electron chi connectivity index (χ2n) is 7.84. The molecule has 3 aromatic carbocycles. The van der Waals surface area contributed by atoms with E-state index in [1.807, 2.05) is 50.2 Å². The highest BCUT2D eigenvalue weighted by Crippen LogP contribution is 2.26. The fourth-order valence-electron chi connectivity index (χ4n) is 3.19. The summed E-state index contributed by atoms with van der Waals surface area (Å²) in [5, 5.41) is 16.0. The van der Waals surface area contributed by atoms with Crippen LogP contribution in [0.5, 0.6) is 5.75 Å². The van der Waals surface area contributed by atoms with Gasteiger partial charge in [-0.05, 0) is 76.8 Å². The lowest BCUT2D eigenvalue weighted by Crippen LogP contribution is -2.21. The molecule has 0 spiro atoms. The van der Waals surface area contributed by atoms with Gasteiger partial charge in [0.25, 0.3) is 0 Å². The van der Waals surface area contributed by atoms with Crippen LogP contribution in [-0.4, -0.2) is 18.0 Å². The van der Waals surface area contributed by atoms with E-state index in [9.17, 15) is 14.9 Å². The van der Waals surface area contributed by atoms with Crippen LogP contribution in [0.25, 0.3) is 0 Å². The van der Waals surface area contributed by atoms with Crippen molar-refractivity contribution in [1.29, 1.82) is 5.26 Å². The highest BCUT2D eigenvalue weighted by molar-refractivity contribution is 9.10. The van der Waals surface area contributed by atoms with Crippen LogP contribution in [-0.2, 0) is 16.2 Å². The number of rotatable bonds is 9. The van der Waals surface area contributed by atoms with Crippen molar-refractivity contribution in [3.05, 3.63) is 93.0 Å². The summed E-state index contributed by atoms with van der Waals surface area (Å²) in [5.41, 5.74) is 7.40. The number of carbonyl (C=O) groups excluding carboxylic acids is 2. The zero-order chi connectivity index (χ0) is 25.2. The van der Waals surface area contributed by atoms with E-state index >= 15 is 0 Å². The van der Waals surface area contributed by atoms with E-state index in [-0.39, 0.29) is 31.3 Å². The van der Waals surface area contributed by atoms with Crippen molar-refractivity contribution in [2.24, 2.45) is 5.10 Å². The summed E-state index contributed by atoms with van der Waals surface area (Å²) in [6.07, 6.45) is 1.59. The summed E-state index contributed by atoms with van der Waals surface area (Å²) >= 11 is 3.47. The molecule has 8 heteroatoms. The lowest BCUT2D eigenvalue weighted by Gasteiger charge is -2.10.